The molecule has 0 fully saturated rings. The molecule has 6 heteroatoms. The Kier molecular flexibility index (Phi) is 4.99. The fourth-order valence-electron chi connectivity index (χ4n) is 2.44. The summed E-state index contributed by atoms with van der Waals surface area (Å²) in [4.78, 5) is 12.5. The van der Waals surface area contributed by atoms with Crippen LogP contribution in [0, 0.1) is 18.3 Å². The number of rotatable bonds is 5. The molecule has 1 aromatic heterocycles. The van der Waals surface area contributed by atoms with E-state index in [4.69, 9.17) is 4.84 Å². The molecule has 0 aliphatic rings. The Bertz CT molecular complexity index is 991. The van der Waals surface area contributed by atoms with Gasteiger partial charge >= 0.3 is 0 Å². The molecule has 0 atom stereocenters. The minimum Gasteiger partial charge on any atom is -0.507 e. The number of aromatic nitrogens is 2. The summed E-state index contributed by atoms with van der Waals surface area (Å²) in [5.41, 5.74) is 4.31. The molecule has 6 nitrogen and oxygen atoms in total. The van der Waals surface area contributed by atoms with Crippen LogP contribution in [0.3, 0.4) is 0 Å². The van der Waals surface area contributed by atoms with E-state index in [0.29, 0.717) is 11.5 Å². The van der Waals surface area contributed by atoms with E-state index in [2.05, 4.69) is 15.1 Å². The topological polar surface area (TPSA) is 94.3 Å². The molecule has 0 saturated carbocycles. The summed E-state index contributed by atoms with van der Waals surface area (Å²) >= 11 is 0. The van der Waals surface area contributed by atoms with Crippen molar-refractivity contribution in [3.63, 3.8) is 0 Å². The van der Waals surface area contributed by atoms with Crippen molar-refractivity contribution in [2.24, 2.45) is 5.16 Å². The number of nitrogens with zero attached hydrogens (tertiary/aromatic N) is 3. The Labute approximate surface area is 151 Å². The van der Waals surface area contributed by atoms with Gasteiger partial charge in [0, 0.05) is 0 Å². The Morgan fingerprint density at radius 1 is 1.23 bits per heavy atom. The summed E-state index contributed by atoms with van der Waals surface area (Å²) in [6, 6.07) is 17.2. The van der Waals surface area contributed by atoms with Gasteiger partial charge in [0.25, 0.3) is 0 Å². The van der Waals surface area contributed by atoms with Crippen LogP contribution in [0.1, 0.15) is 23.9 Å². The lowest BCUT2D eigenvalue weighted by atomic mass is 10.1. The highest BCUT2D eigenvalue weighted by atomic mass is 16.6. The number of hydrogen-bond acceptors (Lipinski definition) is 5. The maximum absolute atomic E-state index is 10.2. The lowest BCUT2D eigenvalue weighted by Gasteiger charge is -2.04. The van der Waals surface area contributed by atoms with Crippen LogP contribution in [0.25, 0.3) is 16.6 Å². The number of aliphatic hydroxyl groups is 1. The zero-order valence-corrected chi connectivity index (χ0v) is 14.5. The monoisotopic (exact) mass is 346 g/mol. The first-order valence-electron chi connectivity index (χ1n) is 8.09. The number of nitriles is 1. The van der Waals surface area contributed by atoms with Crippen molar-refractivity contribution >= 4 is 22.3 Å². The van der Waals surface area contributed by atoms with Crippen LogP contribution in [0.5, 0.6) is 0 Å². The minimum atomic E-state index is -0.230. The summed E-state index contributed by atoms with van der Waals surface area (Å²) in [6.45, 7) is 3.61. The molecule has 0 amide bonds. The van der Waals surface area contributed by atoms with E-state index in [0.717, 1.165) is 22.2 Å². The number of para-hydroxylation sites is 2. The number of aliphatic hydroxyl groups excluding tert-OH is 1. The summed E-state index contributed by atoms with van der Waals surface area (Å²) in [5, 5.41) is 23.6. The van der Waals surface area contributed by atoms with Crippen molar-refractivity contribution in [1.82, 2.24) is 9.97 Å². The highest BCUT2D eigenvalue weighted by Gasteiger charge is 2.13. The van der Waals surface area contributed by atoms with Crippen molar-refractivity contribution in [3.05, 3.63) is 71.2 Å². The molecule has 0 aliphatic heterocycles. The van der Waals surface area contributed by atoms with E-state index in [1.807, 2.05) is 68.4 Å². The van der Waals surface area contributed by atoms with Crippen LogP contribution in [0.2, 0.25) is 0 Å². The Morgan fingerprint density at radius 2 is 1.96 bits per heavy atom. The second kappa shape index (κ2) is 7.53. The first-order chi connectivity index (χ1) is 12.6. The third-order valence-corrected chi connectivity index (χ3v) is 3.90. The van der Waals surface area contributed by atoms with E-state index < -0.39 is 0 Å². The zero-order valence-electron chi connectivity index (χ0n) is 14.5. The first-order valence-corrected chi connectivity index (χ1v) is 8.09. The Morgan fingerprint density at radius 3 is 2.65 bits per heavy atom. The molecule has 2 aromatic carbocycles. The molecule has 2 N–H and O–H groups in total. The van der Waals surface area contributed by atoms with Crippen LogP contribution < -0.4 is 0 Å². The number of allylic oxidation sites excluding steroid dienone is 1. The van der Waals surface area contributed by atoms with Gasteiger partial charge in [0.05, 0.1) is 16.7 Å². The van der Waals surface area contributed by atoms with Crippen LogP contribution in [-0.4, -0.2) is 27.4 Å². The van der Waals surface area contributed by atoms with Crippen molar-refractivity contribution in [2.45, 2.75) is 13.8 Å². The van der Waals surface area contributed by atoms with Crippen LogP contribution in [-0.2, 0) is 4.84 Å². The summed E-state index contributed by atoms with van der Waals surface area (Å²) < 4.78 is 0. The highest BCUT2D eigenvalue weighted by Crippen LogP contribution is 2.18. The summed E-state index contributed by atoms with van der Waals surface area (Å²) in [7, 11) is 0. The maximum atomic E-state index is 10.2. The molecule has 0 aliphatic carbocycles. The molecule has 3 aromatic rings. The minimum absolute atomic E-state index is 0.0318. The molecular weight excluding hydrogens is 328 g/mol. The van der Waals surface area contributed by atoms with Crippen LogP contribution in [0.15, 0.2) is 59.4 Å². The third kappa shape index (κ3) is 3.73. The third-order valence-electron chi connectivity index (χ3n) is 3.90. The van der Waals surface area contributed by atoms with Gasteiger partial charge < -0.3 is 14.9 Å². The maximum Gasteiger partial charge on any atom is 0.175 e. The number of oxime groups is 1. The zero-order chi connectivity index (χ0) is 18.5. The molecule has 0 spiro atoms. The van der Waals surface area contributed by atoms with Gasteiger partial charge in [-0.25, -0.2) is 4.98 Å². The smallest absolute Gasteiger partial charge is 0.175 e. The SMILES string of the molecule is C/C(=N\OC/C(O)=C(\C#N)c1nc2ccccc2[nH]1)c1ccc(C)cc1. The van der Waals surface area contributed by atoms with Gasteiger partial charge in [-0.1, -0.05) is 47.1 Å². The second-order valence-corrected chi connectivity index (χ2v) is 5.85. The van der Waals surface area contributed by atoms with Crippen LogP contribution in [0.4, 0.5) is 0 Å². The molecule has 1 heterocycles. The molecule has 0 unspecified atom stereocenters. The van der Waals surface area contributed by atoms with E-state index in [9.17, 15) is 10.4 Å². The van der Waals surface area contributed by atoms with Gasteiger partial charge in [0.15, 0.2) is 18.2 Å². The first kappa shape index (κ1) is 17.2. The molecule has 3 rings (SSSR count). The number of fused-ring (bicyclic) bond motifs is 1. The number of nitrogens with one attached hydrogen (secondary N) is 1. The van der Waals surface area contributed by atoms with Crippen molar-refractivity contribution < 1.29 is 9.94 Å². The average Bonchev–Trinajstić information content (AvgIpc) is 3.06. The van der Waals surface area contributed by atoms with E-state index >= 15 is 0 Å². The summed E-state index contributed by atoms with van der Waals surface area (Å²) in [6.07, 6.45) is 0. The molecule has 130 valence electrons. The summed E-state index contributed by atoms with van der Waals surface area (Å²) in [5.74, 6) is 0.0704. The largest absolute Gasteiger partial charge is 0.507 e. The molecule has 26 heavy (non-hydrogen) atoms. The number of hydrogen-bond donors (Lipinski definition) is 2. The molecule has 0 saturated heterocycles. The van der Waals surface area contributed by atoms with Gasteiger partial charge in [0.2, 0.25) is 0 Å². The predicted octanol–water partition coefficient (Wildman–Crippen LogP) is 4.10. The standard InChI is InChI=1S/C20H18N4O2/c1-13-7-9-15(10-8-13)14(2)24-26-12-19(25)16(11-21)20-22-17-5-3-4-6-18(17)23-20/h3-10,25H,12H2,1-2H3,(H,22,23)/b19-16-,24-14+. The van der Waals surface area contributed by atoms with Gasteiger partial charge in [-0.15, -0.1) is 0 Å². The quantitative estimate of drug-likeness (QED) is 0.315. The van der Waals surface area contributed by atoms with Gasteiger partial charge in [-0.2, -0.15) is 5.26 Å². The van der Waals surface area contributed by atoms with Crippen molar-refractivity contribution in [2.75, 3.05) is 6.61 Å². The number of H-pyrrole nitrogens is 1. The second-order valence-electron chi connectivity index (χ2n) is 5.85. The fraction of sp³-hybridized carbons (Fsp3) is 0.150. The van der Waals surface area contributed by atoms with Crippen molar-refractivity contribution in [3.8, 4) is 6.07 Å². The van der Waals surface area contributed by atoms with Gasteiger partial charge in [-0.05, 0) is 31.5 Å². The molecular formula is C20H18N4O2. The van der Waals surface area contributed by atoms with E-state index in [1.165, 1.54) is 0 Å². The lowest BCUT2D eigenvalue weighted by Crippen LogP contribution is -2.01. The number of aromatic amines is 1. The number of aryl methyl sites for hydroxylation is 1. The van der Waals surface area contributed by atoms with Gasteiger partial charge in [0.1, 0.15) is 11.6 Å². The lowest BCUT2D eigenvalue weighted by molar-refractivity contribution is 0.137. The van der Waals surface area contributed by atoms with E-state index in [-0.39, 0.29) is 17.9 Å². The highest BCUT2D eigenvalue weighted by molar-refractivity contribution is 5.98. The normalized spacial score (nSPS) is 12.6. The van der Waals surface area contributed by atoms with E-state index in [1.54, 1.807) is 0 Å². The Hall–Kier alpha value is -3.59. The number of imidazole rings is 1. The number of benzene rings is 2. The fourth-order valence-corrected chi connectivity index (χ4v) is 2.44. The molecule has 0 bridgehead atoms. The molecule has 0 radical (unpaired) electrons. The van der Waals surface area contributed by atoms with Crippen molar-refractivity contribution in [1.29, 1.82) is 5.26 Å². The average molecular weight is 346 g/mol. The predicted molar refractivity (Wildman–Crippen MR) is 101 cm³/mol. The van der Waals surface area contributed by atoms with Gasteiger partial charge in [-0.3, -0.25) is 0 Å². The Balaban J connectivity index is 1.75. The van der Waals surface area contributed by atoms with Crippen LogP contribution >= 0.6 is 0 Å².